The number of alkyl carbamates (subject to hydrolysis) is 1. The van der Waals surface area contributed by atoms with Crippen LogP contribution < -0.4 is 5.32 Å². The summed E-state index contributed by atoms with van der Waals surface area (Å²) < 4.78 is 70.8. The molecule has 2 amide bonds. The summed E-state index contributed by atoms with van der Waals surface area (Å²) in [6, 6.07) is 8.73. The van der Waals surface area contributed by atoms with Gasteiger partial charge in [-0.25, -0.2) is 13.6 Å². The molecule has 2 atom stereocenters. The van der Waals surface area contributed by atoms with Crippen molar-refractivity contribution in [1.29, 1.82) is 0 Å². The molecule has 0 saturated heterocycles. The van der Waals surface area contributed by atoms with E-state index in [0.29, 0.717) is 19.3 Å². The third kappa shape index (κ3) is 8.25. The van der Waals surface area contributed by atoms with E-state index in [0.717, 1.165) is 12.6 Å². The maximum Gasteiger partial charge on any atom is 0.471 e. The van der Waals surface area contributed by atoms with Crippen LogP contribution in [0.4, 0.5) is 26.7 Å². The first kappa shape index (κ1) is 25.8. The van der Waals surface area contributed by atoms with Crippen LogP contribution in [0.15, 0.2) is 30.3 Å². The van der Waals surface area contributed by atoms with Crippen LogP contribution in [0.2, 0.25) is 0 Å². The average Bonchev–Trinajstić information content (AvgIpc) is 3.18. The van der Waals surface area contributed by atoms with E-state index < -0.39 is 43.6 Å². The molecule has 2 rings (SSSR count). The number of carbonyl (C=O) groups excluding carboxylic acids is 2. The fourth-order valence-electron chi connectivity index (χ4n) is 3.64. The highest BCUT2D eigenvalue weighted by atomic mass is 19.4. The molecule has 0 heterocycles. The van der Waals surface area contributed by atoms with E-state index in [1.807, 2.05) is 30.3 Å². The molecule has 1 saturated carbocycles. The standard InChI is InChI=1S/C21H28F5N3O3/c1-28(18(30)21(24,25)26)11-10-20(22,23)14-29(2)17-9-8-16(12-17)27-19(31)32-13-15-6-4-3-5-7-15/h3-7,16-17H,8-14H2,1-2H3,(H,27,31)/t16-,17-/m0/s1. The van der Waals surface area contributed by atoms with Gasteiger partial charge in [0.15, 0.2) is 0 Å². The van der Waals surface area contributed by atoms with Gasteiger partial charge in [0.25, 0.3) is 5.92 Å². The van der Waals surface area contributed by atoms with Crippen molar-refractivity contribution in [2.24, 2.45) is 0 Å². The molecule has 0 aromatic heterocycles. The van der Waals surface area contributed by atoms with E-state index in [1.54, 1.807) is 0 Å². The van der Waals surface area contributed by atoms with Crippen LogP contribution >= 0.6 is 0 Å². The zero-order valence-electron chi connectivity index (χ0n) is 18.0. The normalized spacial score (nSPS) is 19.1. The predicted octanol–water partition coefficient (Wildman–Crippen LogP) is 3.81. The number of alkyl halides is 5. The van der Waals surface area contributed by atoms with Gasteiger partial charge in [-0.15, -0.1) is 0 Å². The largest absolute Gasteiger partial charge is 0.471 e. The Morgan fingerprint density at radius 1 is 1.09 bits per heavy atom. The molecule has 0 unspecified atom stereocenters. The molecule has 11 heteroatoms. The maximum absolute atomic E-state index is 14.3. The van der Waals surface area contributed by atoms with Crippen LogP contribution in [0.5, 0.6) is 0 Å². The molecule has 6 nitrogen and oxygen atoms in total. The lowest BCUT2D eigenvalue weighted by atomic mass is 10.1. The Balaban J connectivity index is 1.73. The SMILES string of the molecule is CN(CCC(F)(F)CN(C)[C@H]1CC[C@H](NC(=O)OCc2ccccc2)C1)C(=O)C(F)(F)F. The van der Waals surface area contributed by atoms with Crippen LogP contribution in [0.25, 0.3) is 0 Å². The van der Waals surface area contributed by atoms with E-state index in [1.165, 1.54) is 11.9 Å². The molecule has 1 aliphatic carbocycles. The van der Waals surface area contributed by atoms with Crippen molar-refractivity contribution in [3.63, 3.8) is 0 Å². The van der Waals surface area contributed by atoms with Crippen LogP contribution in [0.1, 0.15) is 31.2 Å². The summed E-state index contributed by atoms with van der Waals surface area (Å²) in [5, 5.41) is 2.74. The molecule has 1 aromatic carbocycles. The summed E-state index contributed by atoms with van der Waals surface area (Å²) in [4.78, 5) is 24.7. The molecule has 1 N–H and O–H groups in total. The molecule has 32 heavy (non-hydrogen) atoms. The first-order chi connectivity index (χ1) is 14.9. The molecule has 1 fully saturated rings. The number of nitrogens with zero attached hydrogens (tertiary/aromatic N) is 2. The third-order valence-electron chi connectivity index (χ3n) is 5.45. The quantitative estimate of drug-likeness (QED) is 0.564. The van der Waals surface area contributed by atoms with Crippen molar-refractivity contribution < 1.29 is 36.3 Å². The fraction of sp³-hybridized carbons (Fsp3) is 0.619. The predicted molar refractivity (Wildman–Crippen MR) is 107 cm³/mol. The van der Waals surface area contributed by atoms with Gasteiger partial charge < -0.3 is 15.0 Å². The van der Waals surface area contributed by atoms with Gasteiger partial charge in [-0.3, -0.25) is 9.69 Å². The van der Waals surface area contributed by atoms with Gasteiger partial charge in [0, 0.05) is 32.1 Å². The van der Waals surface area contributed by atoms with Gasteiger partial charge in [-0.1, -0.05) is 30.3 Å². The molecule has 180 valence electrons. The second-order valence-electron chi connectivity index (χ2n) is 8.12. The molecule has 0 spiro atoms. The van der Waals surface area contributed by atoms with Crippen LogP contribution in [-0.2, 0) is 16.1 Å². The van der Waals surface area contributed by atoms with Gasteiger partial charge in [-0.2, -0.15) is 13.2 Å². The van der Waals surface area contributed by atoms with E-state index in [4.69, 9.17) is 4.74 Å². The Bertz CT molecular complexity index is 761. The zero-order valence-corrected chi connectivity index (χ0v) is 18.0. The topological polar surface area (TPSA) is 61.9 Å². The highest BCUT2D eigenvalue weighted by Gasteiger charge is 2.42. The minimum absolute atomic E-state index is 0.125. The van der Waals surface area contributed by atoms with Crippen molar-refractivity contribution in [2.75, 3.05) is 27.2 Å². The molecular formula is C21H28F5N3O3. The molecular weight excluding hydrogens is 437 g/mol. The number of rotatable bonds is 9. The first-order valence-corrected chi connectivity index (χ1v) is 10.2. The van der Waals surface area contributed by atoms with Crippen LogP contribution in [0, 0.1) is 0 Å². The second kappa shape index (κ2) is 10.9. The molecule has 1 aromatic rings. The molecule has 0 aliphatic heterocycles. The lowest BCUT2D eigenvalue weighted by Crippen LogP contribution is -2.44. The number of nitrogens with one attached hydrogen (secondary N) is 1. The van der Waals surface area contributed by atoms with E-state index in [9.17, 15) is 31.5 Å². The van der Waals surface area contributed by atoms with Crippen molar-refractivity contribution >= 4 is 12.0 Å². The number of halogens is 5. The maximum atomic E-state index is 14.3. The molecule has 0 radical (unpaired) electrons. The summed E-state index contributed by atoms with van der Waals surface area (Å²) in [6.45, 7) is -1.24. The average molecular weight is 465 g/mol. The van der Waals surface area contributed by atoms with E-state index in [2.05, 4.69) is 5.32 Å². The second-order valence-corrected chi connectivity index (χ2v) is 8.12. The smallest absolute Gasteiger partial charge is 0.445 e. The number of hydrogen-bond donors (Lipinski definition) is 1. The minimum Gasteiger partial charge on any atom is -0.445 e. The summed E-state index contributed by atoms with van der Waals surface area (Å²) >= 11 is 0. The Hall–Kier alpha value is -2.43. The number of ether oxygens (including phenoxy) is 1. The summed E-state index contributed by atoms with van der Waals surface area (Å²) in [6.07, 6.45) is -4.90. The highest BCUT2D eigenvalue weighted by Crippen LogP contribution is 2.28. The molecule has 1 aliphatic rings. The number of carbonyl (C=O) groups is 2. The van der Waals surface area contributed by atoms with Crippen molar-refractivity contribution in [3.05, 3.63) is 35.9 Å². The van der Waals surface area contributed by atoms with Crippen LogP contribution in [0.3, 0.4) is 0 Å². The van der Waals surface area contributed by atoms with Gasteiger partial charge in [0.05, 0.1) is 6.54 Å². The van der Waals surface area contributed by atoms with E-state index in [-0.39, 0.29) is 23.6 Å². The third-order valence-corrected chi connectivity index (χ3v) is 5.45. The number of amides is 2. The Labute approximate surface area is 183 Å². The van der Waals surface area contributed by atoms with Gasteiger partial charge in [0.1, 0.15) is 6.61 Å². The van der Waals surface area contributed by atoms with Gasteiger partial charge in [0.2, 0.25) is 0 Å². The Morgan fingerprint density at radius 2 is 1.75 bits per heavy atom. The summed E-state index contributed by atoms with van der Waals surface area (Å²) in [5.41, 5.74) is 0.844. The lowest BCUT2D eigenvalue weighted by molar-refractivity contribution is -0.184. The summed E-state index contributed by atoms with van der Waals surface area (Å²) in [5.74, 6) is -5.42. The van der Waals surface area contributed by atoms with Crippen molar-refractivity contribution in [2.45, 2.75) is 56.5 Å². The first-order valence-electron chi connectivity index (χ1n) is 10.2. The van der Waals surface area contributed by atoms with Gasteiger partial charge in [-0.05, 0) is 31.9 Å². The fourth-order valence-corrected chi connectivity index (χ4v) is 3.64. The monoisotopic (exact) mass is 465 g/mol. The van der Waals surface area contributed by atoms with Gasteiger partial charge >= 0.3 is 18.2 Å². The van der Waals surface area contributed by atoms with E-state index >= 15 is 0 Å². The minimum atomic E-state index is -5.09. The highest BCUT2D eigenvalue weighted by molar-refractivity contribution is 5.81. The number of hydrogen-bond acceptors (Lipinski definition) is 4. The van der Waals surface area contributed by atoms with Crippen molar-refractivity contribution in [1.82, 2.24) is 15.1 Å². The zero-order chi connectivity index (χ0) is 23.9. The van der Waals surface area contributed by atoms with Crippen LogP contribution in [-0.4, -0.2) is 73.2 Å². The number of benzene rings is 1. The van der Waals surface area contributed by atoms with Crippen molar-refractivity contribution in [3.8, 4) is 0 Å². The Morgan fingerprint density at radius 3 is 2.38 bits per heavy atom. The Kier molecular flexibility index (Phi) is 8.82. The molecule has 0 bridgehead atoms. The lowest BCUT2D eigenvalue weighted by Gasteiger charge is -2.30. The summed E-state index contributed by atoms with van der Waals surface area (Å²) in [7, 11) is 2.36.